The summed E-state index contributed by atoms with van der Waals surface area (Å²) >= 11 is 0. The third-order valence-electron chi connectivity index (χ3n) is 3.63. The van der Waals surface area contributed by atoms with E-state index >= 15 is 0 Å². The smallest absolute Gasteiger partial charge is 0.342 e. The highest BCUT2D eigenvalue weighted by Gasteiger charge is 2.85. The van der Waals surface area contributed by atoms with Crippen LogP contribution in [0, 0.1) is 11.8 Å². The number of nitrogens with zero attached hydrogens (tertiary/aromatic N) is 3. The number of halogens is 1. The topological polar surface area (TPSA) is 144 Å². The molecule has 0 saturated heterocycles. The van der Waals surface area contributed by atoms with E-state index in [1.165, 1.54) is 0 Å². The molecule has 2 saturated carbocycles. The predicted molar refractivity (Wildman–Crippen MR) is 48.6 cm³/mol. The molecule has 9 heteroatoms. The molecule has 92 valence electrons. The highest BCUT2D eigenvalue weighted by atomic mass is 19.1. The van der Waals surface area contributed by atoms with Gasteiger partial charge in [0.2, 0.25) is 5.67 Å². The Labute approximate surface area is 93.3 Å². The van der Waals surface area contributed by atoms with Crippen molar-refractivity contribution in [1.29, 1.82) is 0 Å². The second kappa shape index (κ2) is 3.08. The van der Waals surface area contributed by atoms with Gasteiger partial charge < -0.3 is 15.3 Å². The zero-order valence-electron chi connectivity index (χ0n) is 8.32. The highest BCUT2D eigenvalue weighted by Crippen LogP contribution is 2.68. The van der Waals surface area contributed by atoms with Crippen molar-refractivity contribution in [2.75, 3.05) is 0 Å². The van der Waals surface area contributed by atoms with Crippen molar-refractivity contribution >= 4 is 11.9 Å². The van der Waals surface area contributed by atoms with Gasteiger partial charge in [-0.15, -0.1) is 0 Å². The Morgan fingerprint density at radius 2 is 2.00 bits per heavy atom. The van der Waals surface area contributed by atoms with Gasteiger partial charge in [0.1, 0.15) is 0 Å². The maximum Gasteiger partial charge on any atom is 0.342 e. The average Bonchev–Trinajstić information content (AvgIpc) is 2.67. The number of fused-ring (bicyclic) bond motifs is 1. The largest absolute Gasteiger partial charge is 0.481 e. The van der Waals surface area contributed by atoms with E-state index in [0.29, 0.717) is 0 Å². The number of hydrogen-bond donors (Lipinski definition) is 3. The highest BCUT2D eigenvalue weighted by molar-refractivity contribution is 5.90. The average molecular weight is 245 g/mol. The molecule has 0 aromatic carbocycles. The molecular weight excluding hydrogens is 237 g/mol. The molecule has 0 spiro atoms. The quantitative estimate of drug-likeness (QED) is 0.362. The standard InChI is InChI=1S/C8H8FN3O5/c9-7(5(14)15)2-1-3(13)8(4(2)7,6(16)17)11-12-10/h2-4,13H,1H2,(H,14,15)(H,16,17)/t2-,3+,4+,7-,8+/m1/s1. The van der Waals surface area contributed by atoms with E-state index in [4.69, 9.17) is 15.7 Å². The number of alkyl halides is 1. The molecule has 0 aromatic heterocycles. The van der Waals surface area contributed by atoms with Gasteiger partial charge in [-0.2, -0.15) is 0 Å². The fraction of sp³-hybridized carbons (Fsp3) is 0.750. The van der Waals surface area contributed by atoms with Crippen molar-refractivity contribution in [2.45, 2.75) is 23.7 Å². The number of carboxylic acids is 2. The fourth-order valence-corrected chi connectivity index (χ4v) is 2.80. The molecule has 2 aliphatic carbocycles. The van der Waals surface area contributed by atoms with Gasteiger partial charge >= 0.3 is 11.9 Å². The first-order valence-corrected chi connectivity index (χ1v) is 4.73. The molecule has 17 heavy (non-hydrogen) atoms. The van der Waals surface area contributed by atoms with E-state index in [1.54, 1.807) is 0 Å². The first-order chi connectivity index (χ1) is 7.83. The minimum absolute atomic E-state index is 0.348. The zero-order chi connectivity index (χ0) is 13.0. The molecular formula is C8H8FN3O5. The lowest BCUT2D eigenvalue weighted by atomic mass is 9.88. The maximum absolute atomic E-state index is 13.9. The Morgan fingerprint density at radius 1 is 1.41 bits per heavy atom. The van der Waals surface area contributed by atoms with Crippen LogP contribution >= 0.6 is 0 Å². The first-order valence-electron chi connectivity index (χ1n) is 4.73. The number of aliphatic carboxylic acids is 2. The molecule has 0 aromatic rings. The van der Waals surface area contributed by atoms with Crippen molar-refractivity contribution < 1.29 is 29.3 Å². The normalized spacial score (nSPS) is 46.8. The Bertz CT molecular complexity index is 460. The number of carbonyl (C=O) groups is 2. The van der Waals surface area contributed by atoms with Crippen LogP contribution < -0.4 is 0 Å². The second-order valence-electron chi connectivity index (χ2n) is 4.23. The van der Waals surface area contributed by atoms with E-state index < -0.39 is 41.1 Å². The van der Waals surface area contributed by atoms with Crippen LogP contribution in [0.3, 0.4) is 0 Å². The predicted octanol–water partition coefficient (Wildman–Crippen LogP) is -0.0764. The number of hydrogen-bond acceptors (Lipinski definition) is 4. The molecule has 3 N–H and O–H groups in total. The summed E-state index contributed by atoms with van der Waals surface area (Å²) in [7, 11) is 0. The summed E-state index contributed by atoms with van der Waals surface area (Å²) in [6, 6.07) is 0. The van der Waals surface area contributed by atoms with Gasteiger partial charge in [-0.25, -0.2) is 9.18 Å². The first kappa shape index (κ1) is 11.6. The van der Waals surface area contributed by atoms with Gasteiger partial charge in [-0.3, -0.25) is 4.79 Å². The van der Waals surface area contributed by atoms with E-state index in [2.05, 4.69) is 10.0 Å². The molecule has 2 aliphatic rings. The third-order valence-corrected chi connectivity index (χ3v) is 3.63. The van der Waals surface area contributed by atoms with Crippen LogP contribution in [-0.4, -0.2) is 44.6 Å². The van der Waals surface area contributed by atoms with Gasteiger partial charge in [-0.05, 0) is 12.0 Å². The number of aliphatic hydroxyl groups excluding tert-OH is 1. The number of azide groups is 1. The van der Waals surface area contributed by atoms with Gasteiger partial charge in [0.05, 0.1) is 6.10 Å². The minimum atomic E-state index is -2.73. The summed E-state index contributed by atoms with van der Waals surface area (Å²) in [6.45, 7) is 0. The van der Waals surface area contributed by atoms with Gasteiger partial charge in [-0.1, -0.05) is 5.11 Å². The molecule has 5 atom stereocenters. The molecule has 0 aliphatic heterocycles. The summed E-state index contributed by atoms with van der Waals surface area (Å²) < 4.78 is 13.9. The number of rotatable bonds is 3. The summed E-state index contributed by atoms with van der Waals surface area (Å²) in [5.74, 6) is -6.15. The number of aliphatic hydroxyl groups is 1. The van der Waals surface area contributed by atoms with Crippen LogP contribution in [-0.2, 0) is 9.59 Å². The maximum atomic E-state index is 13.9. The van der Waals surface area contributed by atoms with Crippen LogP contribution in [0.1, 0.15) is 6.42 Å². The minimum Gasteiger partial charge on any atom is -0.481 e. The molecule has 0 heterocycles. The van der Waals surface area contributed by atoms with Gasteiger partial charge in [0.15, 0.2) is 5.54 Å². The summed E-state index contributed by atoms with van der Waals surface area (Å²) in [6.07, 6.45) is -1.92. The van der Waals surface area contributed by atoms with Gasteiger partial charge in [0, 0.05) is 16.7 Å². The molecule has 0 unspecified atom stereocenters. The third kappa shape index (κ3) is 1.07. The Morgan fingerprint density at radius 3 is 2.41 bits per heavy atom. The van der Waals surface area contributed by atoms with E-state index in [1.807, 2.05) is 0 Å². The summed E-state index contributed by atoms with van der Waals surface area (Å²) in [4.78, 5) is 24.1. The fourth-order valence-electron chi connectivity index (χ4n) is 2.80. The van der Waals surface area contributed by atoms with Crippen LogP contribution in [0.5, 0.6) is 0 Å². The van der Waals surface area contributed by atoms with Crippen molar-refractivity contribution in [2.24, 2.45) is 17.0 Å². The monoisotopic (exact) mass is 245 g/mol. The Hall–Kier alpha value is -1.86. The molecule has 0 radical (unpaired) electrons. The summed E-state index contributed by atoms with van der Waals surface area (Å²) in [5, 5.41) is 30.2. The lowest BCUT2D eigenvalue weighted by Gasteiger charge is -2.27. The zero-order valence-corrected chi connectivity index (χ0v) is 8.32. The molecule has 8 nitrogen and oxygen atoms in total. The molecule has 0 bridgehead atoms. The summed E-state index contributed by atoms with van der Waals surface area (Å²) in [5.41, 5.74) is 3.16. The molecule has 0 amide bonds. The Kier molecular flexibility index (Phi) is 2.11. The van der Waals surface area contributed by atoms with E-state index in [9.17, 15) is 19.1 Å². The lowest BCUT2D eigenvalue weighted by molar-refractivity contribution is -0.153. The SMILES string of the molecule is [N-]=[N+]=N[C@@]1(C(=O)O)[C@@H](O)C[C@@H]2[C@H]1[C@@]2(F)C(=O)O. The Balaban J connectivity index is 2.50. The van der Waals surface area contributed by atoms with Crippen molar-refractivity contribution in [1.82, 2.24) is 0 Å². The molecule has 2 rings (SSSR count). The lowest BCUT2D eigenvalue weighted by Crippen LogP contribution is -2.50. The van der Waals surface area contributed by atoms with E-state index in [0.717, 1.165) is 0 Å². The van der Waals surface area contributed by atoms with Crippen LogP contribution in [0.15, 0.2) is 5.11 Å². The molecule has 2 fully saturated rings. The second-order valence-corrected chi connectivity index (χ2v) is 4.23. The van der Waals surface area contributed by atoms with Crippen LogP contribution in [0.25, 0.3) is 10.4 Å². The van der Waals surface area contributed by atoms with Crippen LogP contribution in [0.4, 0.5) is 4.39 Å². The van der Waals surface area contributed by atoms with Gasteiger partial charge in [0.25, 0.3) is 0 Å². The van der Waals surface area contributed by atoms with Crippen molar-refractivity contribution in [3.05, 3.63) is 10.4 Å². The number of carboxylic acid groups (broad SMARTS) is 2. The van der Waals surface area contributed by atoms with E-state index in [-0.39, 0.29) is 6.42 Å². The van der Waals surface area contributed by atoms with Crippen molar-refractivity contribution in [3.8, 4) is 0 Å². The van der Waals surface area contributed by atoms with Crippen LogP contribution in [0.2, 0.25) is 0 Å². The van der Waals surface area contributed by atoms with Crippen molar-refractivity contribution in [3.63, 3.8) is 0 Å².